The van der Waals surface area contributed by atoms with Crippen molar-refractivity contribution in [3.63, 3.8) is 0 Å². The van der Waals surface area contributed by atoms with E-state index in [4.69, 9.17) is 52.4 Å². The fraction of sp³-hybridized carbons (Fsp3) is 0.333. The average molecular weight is 1320 g/mol. The summed E-state index contributed by atoms with van der Waals surface area (Å²) in [4.78, 5) is 123. The van der Waals surface area contributed by atoms with Crippen LogP contribution in [-0.2, 0) is 30.4 Å². The Morgan fingerprint density at radius 1 is 0.421 bits per heavy atom. The van der Waals surface area contributed by atoms with E-state index >= 15 is 0 Å². The predicted molar refractivity (Wildman–Crippen MR) is 353 cm³/mol. The highest BCUT2D eigenvalue weighted by atomic mass is 16.5. The molecule has 0 bridgehead atoms. The number of carbonyl (C=O) groups excluding carboxylic acids is 8. The van der Waals surface area contributed by atoms with Gasteiger partial charge in [-0.25, -0.2) is 4.79 Å². The van der Waals surface area contributed by atoms with Crippen molar-refractivity contribution >= 4 is 93.9 Å². The summed E-state index contributed by atoms with van der Waals surface area (Å²) in [6, 6.07) is 17.3. The SMILES string of the molecule is COc1ccc(NC(=O)[C@H](CCCCNC(=N)N)NC(=O)c2cc(NC(=O)[C@H](CCCNC(=N)N)NC(=O)c3cc(NC(C)=O)ccc3OC)ccc2OC)cc1C(=O)N[C@@H](CCCCNC(=N)N)C(=O)Nc1ccc(OC)c(C(=O)N[C@H](Cc2ccc(O)cc2)C(=O)O)c1. The Bertz CT molecular complexity index is 3610. The fourth-order valence-corrected chi connectivity index (χ4v) is 9.48. The first-order valence-electron chi connectivity index (χ1n) is 29.7. The van der Waals surface area contributed by atoms with Gasteiger partial charge in [-0.1, -0.05) is 12.1 Å². The van der Waals surface area contributed by atoms with Gasteiger partial charge in [0.1, 0.15) is 52.9 Å². The third kappa shape index (κ3) is 23.7. The quantitative estimate of drug-likeness (QED) is 0.0156. The van der Waals surface area contributed by atoms with Gasteiger partial charge in [0.15, 0.2) is 17.9 Å². The summed E-state index contributed by atoms with van der Waals surface area (Å²) in [6.45, 7) is 1.97. The number of aromatic hydroxyl groups is 1. The molecule has 32 nitrogen and oxygen atoms in total. The number of benzene rings is 5. The molecule has 4 atom stereocenters. The molecule has 0 spiro atoms. The minimum absolute atomic E-state index is 0.00141. The van der Waals surface area contributed by atoms with E-state index in [0.717, 1.165) is 0 Å². The molecule has 0 saturated carbocycles. The molecule has 508 valence electrons. The average Bonchev–Trinajstić information content (AvgIpc) is 1.41. The highest BCUT2D eigenvalue weighted by molar-refractivity contribution is 6.08. The first-order valence-corrected chi connectivity index (χ1v) is 29.7. The molecule has 0 unspecified atom stereocenters. The maximum atomic E-state index is 14.5. The zero-order valence-corrected chi connectivity index (χ0v) is 53.0. The monoisotopic (exact) mass is 1320 g/mol. The number of methoxy groups -OCH3 is 4. The molecule has 0 aliphatic rings. The number of rotatable bonds is 36. The lowest BCUT2D eigenvalue weighted by atomic mass is 10.0. The van der Waals surface area contributed by atoms with Crippen LogP contribution in [0.25, 0.3) is 0 Å². The van der Waals surface area contributed by atoms with Crippen molar-refractivity contribution in [3.8, 4) is 28.7 Å². The van der Waals surface area contributed by atoms with Crippen LogP contribution < -0.4 is 94.6 Å². The molecule has 5 rings (SSSR count). The van der Waals surface area contributed by atoms with Gasteiger partial charge in [-0.15, -0.1) is 0 Å². The maximum Gasteiger partial charge on any atom is 0.326 e. The number of ether oxygens (including phenoxy) is 4. The second-order valence-corrected chi connectivity index (χ2v) is 21.3. The Morgan fingerprint density at radius 3 is 1.01 bits per heavy atom. The highest BCUT2D eigenvalue weighted by Crippen LogP contribution is 2.29. The number of guanidine groups is 3. The zero-order valence-electron chi connectivity index (χ0n) is 53.0. The Hall–Kier alpha value is -11.9. The Morgan fingerprint density at radius 2 is 0.716 bits per heavy atom. The number of unbranched alkanes of at least 4 members (excludes halogenated alkanes) is 2. The van der Waals surface area contributed by atoms with Crippen LogP contribution in [0.5, 0.6) is 28.7 Å². The summed E-state index contributed by atoms with van der Waals surface area (Å²) in [6.07, 6.45) is 1.56. The van der Waals surface area contributed by atoms with E-state index in [1.165, 1.54) is 132 Å². The van der Waals surface area contributed by atoms with Crippen molar-refractivity contribution in [2.75, 3.05) is 69.3 Å². The van der Waals surface area contributed by atoms with Crippen molar-refractivity contribution in [2.45, 2.75) is 88.9 Å². The summed E-state index contributed by atoms with van der Waals surface area (Å²) in [5, 5.41) is 71.8. The van der Waals surface area contributed by atoms with Gasteiger partial charge in [-0.2, -0.15) is 0 Å². The van der Waals surface area contributed by atoms with Crippen molar-refractivity contribution < 1.29 is 72.3 Å². The Balaban J connectivity index is 1.39. The van der Waals surface area contributed by atoms with Crippen LogP contribution in [0.1, 0.15) is 105 Å². The third-order valence-corrected chi connectivity index (χ3v) is 14.2. The molecule has 0 heterocycles. The molecule has 22 N–H and O–H groups in total. The molecule has 0 aliphatic carbocycles. The molecule has 0 radical (unpaired) electrons. The second kappa shape index (κ2) is 36.9. The largest absolute Gasteiger partial charge is 0.508 e. The van der Waals surface area contributed by atoms with E-state index in [2.05, 4.69) is 58.5 Å². The first kappa shape index (κ1) is 73.9. The summed E-state index contributed by atoms with van der Waals surface area (Å²) < 4.78 is 21.9. The molecular formula is C63H81N17O15. The van der Waals surface area contributed by atoms with Crippen molar-refractivity contribution in [2.24, 2.45) is 17.2 Å². The molecular weight excluding hydrogens is 1230 g/mol. The number of hydrogen-bond donors (Lipinski definition) is 19. The zero-order chi connectivity index (χ0) is 69.7. The second-order valence-electron chi connectivity index (χ2n) is 21.3. The number of carbonyl (C=O) groups is 9. The van der Waals surface area contributed by atoms with Crippen molar-refractivity contribution in [3.05, 3.63) is 125 Å². The van der Waals surface area contributed by atoms with Gasteiger partial charge < -0.3 is 105 Å². The summed E-state index contributed by atoms with van der Waals surface area (Å²) in [5.74, 6) is -7.87. The molecule has 0 aliphatic heterocycles. The van der Waals surface area contributed by atoms with Crippen molar-refractivity contribution in [1.82, 2.24) is 37.2 Å². The maximum absolute atomic E-state index is 14.5. The van der Waals surface area contributed by atoms with Gasteiger partial charge in [0.2, 0.25) is 23.6 Å². The van der Waals surface area contributed by atoms with Crippen LogP contribution in [0.3, 0.4) is 0 Å². The van der Waals surface area contributed by atoms with E-state index in [1.54, 1.807) is 0 Å². The molecule has 5 aromatic rings. The number of nitrogens with one attached hydrogen (secondary N) is 14. The number of amides is 8. The van der Waals surface area contributed by atoms with Gasteiger partial charge in [-0.05, 0) is 142 Å². The summed E-state index contributed by atoms with van der Waals surface area (Å²) in [5.41, 5.74) is 17.0. The molecule has 0 saturated heterocycles. The van der Waals surface area contributed by atoms with Gasteiger partial charge in [0.25, 0.3) is 23.6 Å². The van der Waals surface area contributed by atoms with Crippen LogP contribution in [0.15, 0.2) is 97.1 Å². The molecule has 0 aromatic heterocycles. The minimum Gasteiger partial charge on any atom is -0.508 e. The molecule has 32 heteroatoms. The topological polar surface area (TPSA) is 513 Å². The van der Waals surface area contributed by atoms with Crippen LogP contribution in [0, 0.1) is 16.2 Å². The van der Waals surface area contributed by atoms with Crippen LogP contribution in [0.2, 0.25) is 0 Å². The minimum atomic E-state index is -1.41. The van der Waals surface area contributed by atoms with E-state index < -0.39 is 77.4 Å². The number of phenolic OH excluding ortho intramolecular Hbond substituents is 1. The lowest BCUT2D eigenvalue weighted by Gasteiger charge is -2.22. The van der Waals surface area contributed by atoms with E-state index in [-0.39, 0.29) is 143 Å². The Kier molecular flexibility index (Phi) is 28.7. The van der Waals surface area contributed by atoms with Crippen LogP contribution >= 0.6 is 0 Å². The van der Waals surface area contributed by atoms with Gasteiger partial charge in [-0.3, -0.25) is 54.6 Å². The number of carboxylic acids is 1. The lowest BCUT2D eigenvalue weighted by molar-refractivity contribution is -0.139. The van der Waals surface area contributed by atoms with E-state index in [1.807, 2.05) is 0 Å². The van der Waals surface area contributed by atoms with Gasteiger partial charge >= 0.3 is 5.97 Å². The number of hydrogen-bond acceptors (Lipinski definition) is 17. The molecule has 5 aromatic carbocycles. The fourth-order valence-electron chi connectivity index (χ4n) is 9.48. The normalized spacial score (nSPS) is 11.8. The van der Waals surface area contributed by atoms with Crippen LogP contribution in [-0.4, -0.2) is 154 Å². The number of anilines is 4. The first-order chi connectivity index (χ1) is 45.3. The number of carboxylic acid groups (broad SMARTS) is 1. The number of phenols is 1. The number of aliphatic carboxylic acids is 1. The Labute approximate surface area is 546 Å². The predicted octanol–water partition coefficient (Wildman–Crippen LogP) is 2.59. The van der Waals surface area contributed by atoms with Crippen LogP contribution in [0.4, 0.5) is 22.7 Å². The van der Waals surface area contributed by atoms with Crippen molar-refractivity contribution in [1.29, 1.82) is 16.2 Å². The smallest absolute Gasteiger partial charge is 0.326 e. The van der Waals surface area contributed by atoms with Gasteiger partial charge in [0.05, 0.1) is 50.7 Å². The molecule has 0 fully saturated rings. The summed E-state index contributed by atoms with van der Waals surface area (Å²) >= 11 is 0. The highest BCUT2D eigenvalue weighted by Gasteiger charge is 2.30. The van der Waals surface area contributed by atoms with Gasteiger partial charge in [0, 0.05) is 55.7 Å². The van der Waals surface area contributed by atoms with E-state index in [0.29, 0.717) is 31.2 Å². The lowest BCUT2D eigenvalue weighted by Crippen LogP contribution is -2.45. The van der Waals surface area contributed by atoms with E-state index in [9.17, 15) is 53.4 Å². The standard InChI is InChI=1S/C63H81N17O15/c1-34(81)73-36-16-22-49(92-2)41(30-36)53(83)79-47(13-10-28-72-63(68)69)59(89)76-38-18-24-51(94-4)43(32-38)55(85)77-45(11-6-8-26-70-61(64)65)57(87)74-37-17-23-50(93-3)42(31-37)54(84)78-46(12-7-9-27-71-62(66)67)58(88)75-39-19-25-52(95-5)44(33-39)56(86)80-48(60(90)91)29-35-14-20-40(82)21-15-35/h14-25,30-33,45-48,82H,6-13,26-29H2,1-5H3,(H,73,81)(H,74,87)(H,75,88)(H,76,89)(H,77,85)(H,78,84)(H,79,83)(H,80,86)(H,90,91)(H4,64,65,70)(H4,66,67,71)(H4,68,69,72)/t45-,46-,47-,48+/m0/s1. The molecule has 95 heavy (non-hydrogen) atoms. The number of nitrogens with two attached hydrogens (primary N) is 3. The summed E-state index contributed by atoms with van der Waals surface area (Å²) in [7, 11) is 5.23. The molecule has 8 amide bonds. The third-order valence-electron chi connectivity index (χ3n) is 14.2.